The Kier molecular flexibility index (Phi) is 4.16. The van der Waals surface area contributed by atoms with E-state index in [9.17, 15) is 9.59 Å². The third kappa shape index (κ3) is 2.67. The van der Waals surface area contributed by atoms with Crippen molar-refractivity contribution in [2.45, 2.75) is 0 Å². The van der Waals surface area contributed by atoms with Gasteiger partial charge in [0.1, 0.15) is 5.56 Å². The topological polar surface area (TPSA) is 87.2 Å². The minimum atomic E-state index is -0.769. The number of benzene rings is 2. The molecule has 0 aliphatic heterocycles. The van der Waals surface area contributed by atoms with Crippen LogP contribution in [0.2, 0.25) is 0 Å². The zero-order chi connectivity index (χ0) is 19.1. The predicted molar refractivity (Wildman–Crippen MR) is 108 cm³/mol. The third-order valence-electron chi connectivity index (χ3n) is 4.47. The van der Waals surface area contributed by atoms with Gasteiger partial charge in [0.2, 0.25) is 0 Å². The molecule has 4 rings (SSSR count). The second kappa shape index (κ2) is 6.51. The van der Waals surface area contributed by atoms with Crippen LogP contribution in [0.1, 0.15) is 10.4 Å². The molecule has 0 aliphatic carbocycles. The Morgan fingerprint density at radius 3 is 2.78 bits per heavy atom. The lowest BCUT2D eigenvalue weighted by Crippen LogP contribution is -2.28. The fraction of sp³-hybridized carbons (Fsp3) is 0.0500. The minimum absolute atomic E-state index is 0.101. The predicted octanol–water partition coefficient (Wildman–Crippen LogP) is 3.67. The van der Waals surface area contributed by atoms with Gasteiger partial charge in [0.25, 0.3) is 5.56 Å². The number of nitrogen functional groups attached to an aromatic ring is 1. The first-order chi connectivity index (χ1) is 13.0. The van der Waals surface area contributed by atoms with Crippen molar-refractivity contribution in [1.29, 1.82) is 0 Å². The summed E-state index contributed by atoms with van der Waals surface area (Å²) in [6, 6.07) is 12.8. The molecule has 0 bridgehead atoms. The van der Waals surface area contributed by atoms with Gasteiger partial charge in [-0.25, -0.2) is 4.79 Å². The molecule has 0 atom stereocenters. The molecule has 134 valence electrons. The van der Waals surface area contributed by atoms with Crippen LogP contribution >= 0.6 is 15.9 Å². The van der Waals surface area contributed by atoms with Crippen molar-refractivity contribution in [1.82, 2.24) is 9.55 Å². The quantitative estimate of drug-likeness (QED) is 0.497. The first-order valence-corrected chi connectivity index (χ1v) is 8.87. The van der Waals surface area contributed by atoms with E-state index < -0.39 is 11.5 Å². The summed E-state index contributed by atoms with van der Waals surface area (Å²) in [5, 5.41) is 2.29. The number of hydrogen-bond acceptors (Lipinski definition) is 5. The fourth-order valence-electron chi connectivity index (χ4n) is 3.22. The van der Waals surface area contributed by atoms with Gasteiger partial charge in [-0.2, -0.15) is 0 Å². The van der Waals surface area contributed by atoms with E-state index in [1.165, 1.54) is 11.7 Å². The standard InChI is InChI=1S/C20H14BrN3O3/c1-27-20(26)17-18(22)13-6-5-12(21)9-16(13)24(19(17)25)15-4-2-3-11-7-8-23-10-14(11)15/h2-10H,22H2,1H3. The number of esters is 1. The Morgan fingerprint density at radius 2 is 2.00 bits per heavy atom. The largest absolute Gasteiger partial charge is 0.465 e. The van der Waals surface area contributed by atoms with Gasteiger partial charge in [0.15, 0.2) is 0 Å². The molecule has 2 heterocycles. The molecule has 2 aromatic carbocycles. The summed E-state index contributed by atoms with van der Waals surface area (Å²) < 4.78 is 7.06. The number of rotatable bonds is 2. The zero-order valence-corrected chi connectivity index (χ0v) is 15.9. The number of carbonyl (C=O) groups is 1. The highest BCUT2D eigenvalue weighted by Gasteiger charge is 2.23. The van der Waals surface area contributed by atoms with Gasteiger partial charge in [-0.3, -0.25) is 14.3 Å². The van der Waals surface area contributed by atoms with Gasteiger partial charge in [0, 0.05) is 27.6 Å². The van der Waals surface area contributed by atoms with E-state index in [1.54, 1.807) is 30.6 Å². The summed E-state index contributed by atoms with van der Waals surface area (Å²) in [6.07, 6.45) is 3.38. The smallest absolute Gasteiger partial charge is 0.345 e. The van der Waals surface area contributed by atoms with Gasteiger partial charge in [-0.15, -0.1) is 0 Å². The number of hydrogen-bond donors (Lipinski definition) is 1. The van der Waals surface area contributed by atoms with E-state index >= 15 is 0 Å². The molecule has 0 saturated carbocycles. The highest BCUT2D eigenvalue weighted by Crippen LogP contribution is 2.30. The maximum atomic E-state index is 13.3. The van der Waals surface area contributed by atoms with Crippen LogP contribution < -0.4 is 11.3 Å². The molecule has 0 unspecified atom stereocenters. The molecule has 0 saturated heterocycles. The average Bonchev–Trinajstić information content (AvgIpc) is 2.68. The molecule has 27 heavy (non-hydrogen) atoms. The molecule has 4 aromatic rings. The lowest BCUT2D eigenvalue weighted by atomic mass is 10.1. The number of nitrogens with zero attached hydrogens (tertiary/aromatic N) is 2. The van der Waals surface area contributed by atoms with E-state index in [0.29, 0.717) is 16.6 Å². The molecule has 0 radical (unpaired) electrons. The maximum absolute atomic E-state index is 13.3. The van der Waals surface area contributed by atoms with Crippen molar-refractivity contribution >= 4 is 49.3 Å². The zero-order valence-electron chi connectivity index (χ0n) is 14.3. The Balaban J connectivity index is 2.24. The second-order valence-corrected chi connectivity index (χ2v) is 6.87. The lowest BCUT2D eigenvalue weighted by molar-refractivity contribution is 0.0600. The van der Waals surface area contributed by atoms with Gasteiger partial charge < -0.3 is 10.5 Å². The Morgan fingerprint density at radius 1 is 1.19 bits per heavy atom. The highest BCUT2D eigenvalue weighted by molar-refractivity contribution is 9.10. The molecule has 0 spiro atoms. The molecule has 0 aliphatic rings. The van der Waals surface area contributed by atoms with Gasteiger partial charge >= 0.3 is 5.97 Å². The monoisotopic (exact) mass is 423 g/mol. The highest BCUT2D eigenvalue weighted by atomic mass is 79.9. The summed E-state index contributed by atoms with van der Waals surface area (Å²) in [4.78, 5) is 29.8. The summed E-state index contributed by atoms with van der Waals surface area (Å²) in [5.74, 6) is -0.769. The molecule has 7 heteroatoms. The second-order valence-electron chi connectivity index (χ2n) is 5.96. The molecule has 0 fully saturated rings. The number of ether oxygens (including phenoxy) is 1. The Labute approximate surface area is 162 Å². The molecular weight excluding hydrogens is 410 g/mol. The number of fused-ring (bicyclic) bond motifs is 2. The molecule has 0 amide bonds. The van der Waals surface area contributed by atoms with Crippen molar-refractivity contribution < 1.29 is 9.53 Å². The van der Waals surface area contributed by atoms with Crippen LogP contribution in [-0.2, 0) is 4.74 Å². The SMILES string of the molecule is COC(=O)c1c(N)c2ccc(Br)cc2n(-c2cccc3ccncc23)c1=O. The average molecular weight is 424 g/mol. The van der Waals surface area contributed by atoms with E-state index in [4.69, 9.17) is 10.5 Å². The summed E-state index contributed by atoms with van der Waals surface area (Å²) in [6.45, 7) is 0. The summed E-state index contributed by atoms with van der Waals surface area (Å²) in [7, 11) is 1.22. The number of pyridine rings is 2. The maximum Gasteiger partial charge on any atom is 0.345 e. The van der Waals surface area contributed by atoms with Crippen molar-refractivity contribution in [3.05, 3.63) is 75.2 Å². The van der Waals surface area contributed by atoms with Gasteiger partial charge in [-0.05, 0) is 35.7 Å². The third-order valence-corrected chi connectivity index (χ3v) is 4.96. The first-order valence-electron chi connectivity index (χ1n) is 8.08. The van der Waals surface area contributed by atoms with Crippen molar-refractivity contribution in [3.8, 4) is 5.69 Å². The van der Waals surface area contributed by atoms with E-state index in [2.05, 4.69) is 20.9 Å². The van der Waals surface area contributed by atoms with Crippen LogP contribution in [0.5, 0.6) is 0 Å². The van der Waals surface area contributed by atoms with Crippen LogP contribution in [0.3, 0.4) is 0 Å². The number of methoxy groups -OCH3 is 1. The van der Waals surface area contributed by atoms with E-state index in [-0.39, 0.29) is 11.3 Å². The van der Waals surface area contributed by atoms with Crippen LogP contribution in [-0.4, -0.2) is 22.6 Å². The molecular formula is C20H14BrN3O3. The van der Waals surface area contributed by atoms with Crippen LogP contribution in [0.4, 0.5) is 5.69 Å². The molecule has 6 nitrogen and oxygen atoms in total. The lowest BCUT2D eigenvalue weighted by Gasteiger charge is -2.16. The van der Waals surface area contributed by atoms with Crippen molar-refractivity contribution in [2.75, 3.05) is 12.8 Å². The van der Waals surface area contributed by atoms with Crippen molar-refractivity contribution in [2.24, 2.45) is 0 Å². The number of nitrogens with two attached hydrogens (primary N) is 1. The first kappa shape index (κ1) is 17.2. The van der Waals surface area contributed by atoms with E-state index in [0.717, 1.165) is 15.2 Å². The van der Waals surface area contributed by atoms with Crippen LogP contribution in [0.25, 0.3) is 27.4 Å². The Hall–Kier alpha value is -3.19. The van der Waals surface area contributed by atoms with E-state index in [1.807, 2.05) is 24.3 Å². The summed E-state index contributed by atoms with van der Waals surface area (Å²) >= 11 is 3.44. The Bertz CT molecular complexity index is 1280. The number of aromatic nitrogens is 2. The van der Waals surface area contributed by atoms with Gasteiger partial charge in [0.05, 0.1) is 24.0 Å². The van der Waals surface area contributed by atoms with Crippen LogP contribution in [0, 0.1) is 0 Å². The number of anilines is 1. The molecule has 2 aromatic heterocycles. The number of carbonyl (C=O) groups excluding carboxylic acids is 1. The van der Waals surface area contributed by atoms with Gasteiger partial charge in [-0.1, -0.05) is 28.1 Å². The summed E-state index contributed by atoms with van der Waals surface area (Å²) in [5.41, 5.74) is 6.73. The number of halogens is 1. The fourth-order valence-corrected chi connectivity index (χ4v) is 3.57. The van der Waals surface area contributed by atoms with Crippen molar-refractivity contribution in [3.63, 3.8) is 0 Å². The molecule has 2 N–H and O–H groups in total. The van der Waals surface area contributed by atoms with Crippen LogP contribution in [0.15, 0.2) is 64.1 Å². The normalized spacial score (nSPS) is 11.0. The minimum Gasteiger partial charge on any atom is -0.465 e.